The van der Waals surface area contributed by atoms with Gasteiger partial charge in [-0.25, -0.2) is 9.97 Å². The van der Waals surface area contributed by atoms with Gasteiger partial charge in [0, 0.05) is 5.69 Å². The first-order valence-electron chi connectivity index (χ1n) is 6.05. The highest BCUT2D eigenvalue weighted by Gasteiger charge is 2.25. The van der Waals surface area contributed by atoms with Crippen molar-refractivity contribution in [1.82, 2.24) is 9.97 Å². The second-order valence-corrected chi connectivity index (χ2v) is 4.62. The number of hydrogen-bond donors (Lipinski definition) is 0. The molecule has 4 nitrogen and oxygen atoms in total. The van der Waals surface area contributed by atoms with E-state index in [-0.39, 0.29) is 6.10 Å². The molecule has 0 aliphatic carbocycles. The minimum atomic E-state index is -0.295. The average molecular weight is 277 g/mol. The first-order valence-corrected chi connectivity index (χ1v) is 6.58. The number of benzene rings is 1. The molecular weight excluding hydrogens is 264 g/mol. The lowest BCUT2D eigenvalue weighted by Crippen LogP contribution is -2.24. The summed E-state index contributed by atoms with van der Waals surface area (Å²) in [5, 5.41) is 0. The van der Waals surface area contributed by atoms with Crippen molar-refractivity contribution in [2.75, 3.05) is 6.61 Å². The Bertz CT molecular complexity index is 604. The zero-order valence-electron chi connectivity index (χ0n) is 10.5. The van der Waals surface area contributed by atoms with E-state index in [0.29, 0.717) is 18.3 Å². The van der Waals surface area contributed by atoms with E-state index in [1.165, 1.54) is 0 Å². The summed E-state index contributed by atoms with van der Waals surface area (Å²) < 4.78 is 11.5. The maximum Gasteiger partial charge on any atom is 0.192 e. The zero-order chi connectivity index (χ0) is 13.2. The van der Waals surface area contributed by atoms with Gasteiger partial charge in [0.15, 0.2) is 23.4 Å². The predicted molar refractivity (Wildman–Crippen MR) is 71.6 cm³/mol. The number of aromatic nitrogens is 2. The van der Waals surface area contributed by atoms with Gasteiger partial charge in [0.2, 0.25) is 0 Å². The molecule has 0 bridgehead atoms. The van der Waals surface area contributed by atoms with Gasteiger partial charge in [-0.05, 0) is 25.1 Å². The molecule has 0 spiro atoms. The standard InChI is InChI=1S/C14H13ClN2O2/c1-9-6-10(7-15)17-14(16-9)13-8-18-11-4-2-3-5-12(11)19-13/h2-6,13H,7-8H2,1H3. The van der Waals surface area contributed by atoms with Crippen molar-refractivity contribution in [2.24, 2.45) is 0 Å². The molecule has 1 atom stereocenters. The maximum absolute atomic E-state index is 5.88. The second kappa shape index (κ2) is 5.05. The number of ether oxygens (including phenoxy) is 2. The highest BCUT2D eigenvalue weighted by atomic mass is 35.5. The van der Waals surface area contributed by atoms with Crippen LogP contribution in [0.25, 0.3) is 0 Å². The molecular formula is C14H13ClN2O2. The summed E-state index contributed by atoms with van der Waals surface area (Å²) in [6, 6.07) is 9.45. The molecule has 1 aliphatic heterocycles. The van der Waals surface area contributed by atoms with Crippen LogP contribution in [0, 0.1) is 6.92 Å². The van der Waals surface area contributed by atoms with E-state index in [1.807, 2.05) is 37.3 Å². The molecule has 98 valence electrons. The van der Waals surface area contributed by atoms with Crippen LogP contribution in [0.15, 0.2) is 30.3 Å². The number of rotatable bonds is 2. The Kier molecular flexibility index (Phi) is 3.25. The Morgan fingerprint density at radius 3 is 2.84 bits per heavy atom. The number of alkyl halides is 1. The summed E-state index contributed by atoms with van der Waals surface area (Å²) in [6.07, 6.45) is -0.295. The van der Waals surface area contributed by atoms with Crippen molar-refractivity contribution in [3.8, 4) is 11.5 Å². The summed E-state index contributed by atoms with van der Waals surface area (Å²) in [6.45, 7) is 2.32. The number of halogens is 1. The van der Waals surface area contributed by atoms with Crippen LogP contribution in [0.5, 0.6) is 11.5 Å². The van der Waals surface area contributed by atoms with Crippen LogP contribution >= 0.6 is 11.6 Å². The molecule has 5 heteroatoms. The third-order valence-corrected chi connectivity index (χ3v) is 3.13. The van der Waals surface area contributed by atoms with Gasteiger partial charge in [-0.15, -0.1) is 11.6 Å². The number of fused-ring (bicyclic) bond motifs is 1. The Morgan fingerprint density at radius 2 is 2.05 bits per heavy atom. The molecule has 2 aromatic rings. The van der Waals surface area contributed by atoms with Crippen molar-refractivity contribution in [3.05, 3.63) is 47.5 Å². The van der Waals surface area contributed by atoms with Gasteiger partial charge in [-0.1, -0.05) is 12.1 Å². The Labute approximate surface area is 116 Å². The van der Waals surface area contributed by atoms with Gasteiger partial charge < -0.3 is 9.47 Å². The van der Waals surface area contributed by atoms with Crippen LogP contribution in [-0.2, 0) is 5.88 Å². The van der Waals surface area contributed by atoms with Crippen LogP contribution in [-0.4, -0.2) is 16.6 Å². The van der Waals surface area contributed by atoms with Crippen LogP contribution in [0.1, 0.15) is 23.3 Å². The molecule has 1 aromatic heterocycles. The first-order chi connectivity index (χ1) is 9.26. The van der Waals surface area contributed by atoms with E-state index in [4.69, 9.17) is 21.1 Å². The number of hydrogen-bond acceptors (Lipinski definition) is 4. The van der Waals surface area contributed by atoms with Crippen molar-refractivity contribution in [3.63, 3.8) is 0 Å². The lowest BCUT2D eigenvalue weighted by atomic mass is 10.2. The molecule has 19 heavy (non-hydrogen) atoms. The van der Waals surface area contributed by atoms with Gasteiger partial charge >= 0.3 is 0 Å². The molecule has 0 saturated carbocycles. The fraction of sp³-hybridized carbons (Fsp3) is 0.286. The van der Waals surface area contributed by atoms with Crippen LogP contribution in [0.2, 0.25) is 0 Å². The third-order valence-electron chi connectivity index (χ3n) is 2.86. The van der Waals surface area contributed by atoms with Crippen LogP contribution in [0.4, 0.5) is 0 Å². The molecule has 0 fully saturated rings. The normalized spacial score (nSPS) is 17.3. The van der Waals surface area contributed by atoms with E-state index >= 15 is 0 Å². The monoisotopic (exact) mass is 276 g/mol. The molecule has 3 rings (SSSR count). The van der Waals surface area contributed by atoms with Gasteiger partial charge in [0.05, 0.1) is 11.6 Å². The quantitative estimate of drug-likeness (QED) is 0.791. The minimum Gasteiger partial charge on any atom is -0.485 e. The molecule has 1 aromatic carbocycles. The Morgan fingerprint density at radius 1 is 1.26 bits per heavy atom. The topological polar surface area (TPSA) is 44.2 Å². The maximum atomic E-state index is 5.88. The largest absolute Gasteiger partial charge is 0.485 e. The van der Waals surface area contributed by atoms with E-state index in [1.54, 1.807) is 0 Å². The second-order valence-electron chi connectivity index (χ2n) is 4.36. The number of para-hydroxylation sites is 2. The summed E-state index contributed by atoms with van der Waals surface area (Å²) in [5.41, 5.74) is 1.68. The molecule has 1 unspecified atom stereocenters. The SMILES string of the molecule is Cc1cc(CCl)nc(C2COc3ccccc3O2)n1. The number of nitrogens with zero attached hydrogens (tertiary/aromatic N) is 2. The highest BCUT2D eigenvalue weighted by Crippen LogP contribution is 2.35. The molecule has 0 radical (unpaired) electrons. The number of aryl methyl sites for hydroxylation is 1. The Balaban J connectivity index is 1.90. The summed E-state index contributed by atoms with van der Waals surface area (Å²) in [5.74, 6) is 2.45. The van der Waals surface area contributed by atoms with Crippen molar-refractivity contribution >= 4 is 11.6 Å². The molecule has 1 aliphatic rings. The van der Waals surface area contributed by atoms with Crippen LogP contribution < -0.4 is 9.47 Å². The van der Waals surface area contributed by atoms with Gasteiger partial charge in [0.1, 0.15) is 6.61 Å². The fourth-order valence-corrected chi connectivity index (χ4v) is 2.15. The van der Waals surface area contributed by atoms with Gasteiger partial charge in [-0.2, -0.15) is 0 Å². The summed E-state index contributed by atoms with van der Waals surface area (Å²) in [7, 11) is 0. The zero-order valence-corrected chi connectivity index (χ0v) is 11.2. The minimum absolute atomic E-state index is 0.295. The van der Waals surface area contributed by atoms with E-state index in [9.17, 15) is 0 Å². The average Bonchev–Trinajstić information content (AvgIpc) is 2.46. The fourth-order valence-electron chi connectivity index (χ4n) is 2.02. The summed E-state index contributed by atoms with van der Waals surface area (Å²) >= 11 is 5.83. The predicted octanol–water partition coefficient (Wildman–Crippen LogP) is 3.04. The van der Waals surface area contributed by atoms with Crippen molar-refractivity contribution < 1.29 is 9.47 Å². The van der Waals surface area contributed by atoms with Crippen molar-refractivity contribution in [1.29, 1.82) is 0 Å². The van der Waals surface area contributed by atoms with Crippen molar-refractivity contribution in [2.45, 2.75) is 18.9 Å². The van der Waals surface area contributed by atoms with E-state index < -0.39 is 0 Å². The smallest absolute Gasteiger partial charge is 0.192 e. The van der Waals surface area contributed by atoms with Crippen LogP contribution in [0.3, 0.4) is 0 Å². The summed E-state index contributed by atoms with van der Waals surface area (Å²) in [4.78, 5) is 8.80. The Hall–Kier alpha value is -1.81. The van der Waals surface area contributed by atoms with Gasteiger partial charge in [-0.3, -0.25) is 0 Å². The lowest BCUT2D eigenvalue weighted by Gasteiger charge is -2.25. The van der Waals surface area contributed by atoms with E-state index in [0.717, 1.165) is 22.9 Å². The third kappa shape index (κ3) is 2.49. The molecule has 0 N–H and O–H groups in total. The lowest BCUT2D eigenvalue weighted by molar-refractivity contribution is 0.0848. The first kappa shape index (κ1) is 12.2. The highest BCUT2D eigenvalue weighted by molar-refractivity contribution is 6.16. The van der Waals surface area contributed by atoms with Gasteiger partial charge in [0.25, 0.3) is 0 Å². The molecule has 0 saturated heterocycles. The molecule has 2 heterocycles. The van der Waals surface area contributed by atoms with E-state index in [2.05, 4.69) is 9.97 Å². The molecule has 0 amide bonds.